The predicted octanol–water partition coefficient (Wildman–Crippen LogP) is 1.14. The molecule has 0 aliphatic carbocycles. The van der Waals surface area contributed by atoms with Crippen molar-refractivity contribution in [1.29, 1.82) is 0 Å². The molecule has 102 valence electrons. The van der Waals surface area contributed by atoms with Crippen LogP contribution >= 0.6 is 11.6 Å². The lowest BCUT2D eigenvalue weighted by molar-refractivity contribution is -0.122. The van der Waals surface area contributed by atoms with Crippen LogP contribution in [0.4, 0.5) is 5.69 Å². The summed E-state index contributed by atoms with van der Waals surface area (Å²) in [6.45, 7) is 1.35. The molecule has 2 rings (SSSR count). The minimum absolute atomic E-state index is 0.0828. The lowest BCUT2D eigenvalue weighted by Gasteiger charge is -2.33. The Morgan fingerprint density at radius 3 is 2.37 bits per heavy atom. The summed E-state index contributed by atoms with van der Waals surface area (Å²) in [6.07, 6.45) is 1.38. The topological polar surface area (TPSA) is 89.4 Å². The van der Waals surface area contributed by atoms with Gasteiger partial charge in [0.2, 0.25) is 5.91 Å². The number of piperidine rings is 1. The van der Waals surface area contributed by atoms with Gasteiger partial charge in [0.05, 0.1) is 5.56 Å². The van der Waals surface area contributed by atoms with E-state index in [-0.39, 0.29) is 11.8 Å². The highest BCUT2D eigenvalue weighted by Gasteiger charge is 2.25. The lowest BCUT2D eigenvalue weighted by Crippen LogP contribution is -2.39. The van der Waals surface area contributed by atoms with Crippen LogP contribution in [-0.4, -0.2) is 24.9 Å². The predicted molar refractivity (Wildman–Crippen MR) is 74.1 cm³/mol. The smallest absolute Gasteiger partial charge is 0.250 e. The number of carbonyl (C=O) groups excluding carboxylic acids is 2. The standard InChI is InChI=1S/C13H16ClN3O2/c14-9-1-2-11(10(7-9)13(16)19)17-5-3-8(4-6-17)12(15)18/h1-2,7-8H,3-6H2,(H2,15,18)(H2,16,19). The number of nitrogens with zero attached hydrogens (tertiary/aromatic N) is 1. The molecule has 2 amide bonds. The number of carbonyl (C=O) groups is 2. The van der Waals surface area contributed by atoms with Crippen LogP contribution < -0.4 is 16.4 Å². The molecule has 1 aliphatic rings. The molecule has 1 heterocycles. The third-order valence-corrected chi connectivity index (χ3v) is 3.70. The van der Waals surface area contributed by atoms with E-state index >= 15 is 0 Å². The van der Waals surface area contributed by atoms with Crippen LogP contribution in [0.1, 0.15) is 23.2 Å². The van der Waals surface area contributed by atoms with Gasteiger partial charge in [-0.25, -0.2) is 0 Å². The largest absolute Gasteiger partial charge is 0.371 e. The molecule has 0 saturated carbocycles. The molecule has 4 N–H and O–H groups in total. The van der Waals surface area contributed by atoms with Crippen molar-refractivity contribution in [1.82, 2.24) is 0 Å². The first-order valence-corrected chi connectivity index (χ1v) is 6.50. The molecule has 5 nitrogen and oxygen atoms in total. The molecule has 1 fully saturated rings. The van der Waals surface area contributed by atoms with Gasteiger partial charge in [-0.05, 0) is 31.0 Å². The highest BCUT2D eigenvalue weighted by atomic mass is 35.5. The van der Waals surface area contributed by atoms with Crippen LogP contribution in [0, 0.1) is 5.92 Å². The van der Waals surface area contributed by atoms with Gasteiger partial charge in [-0.15, -0.1) is 0 Å². The number of benzene rings is 1. The average molecular weight is 282 g/mol. The number of amides is 2. The molecular formula is C13H16ClN3O2. The van der Waals surface area contributed by atoms with Gasteiger partial charge in [-0.1, -0.05) is 11.6 Å². The highest BCUT2D eigenvalue weighted by Crippen LogP contribution is 2.28. The van der Waals surface area contributed by atoms with Crippen molar-refractivity contribution in [2.24, 2.45) is 17.4 Å². The van der Waals surface area contributed by atoms with E-state index in [0.717, 1.165) is 5.69 Å². The fraction of sp³-hybridized carbons (Fsp3) is 0.385. The maximum atomic E-state index is 11.5. The molecular weight excluding hydrogens is 266 g/mol. The van der Waals surface area contributed by atoms with Gasteiger partial charge in [0.15, 0.2) is 0 Å². The molecule has 0 atom stereocenters. The van der Waals surface area contributed by atoms with Crippen molar-refractivity contribution < 1.29 is 9.59 Å². The van der Waals surface area contributed by atoms with E-state index in [9.17, 15) is 9.59 Å². The van der Waals surface area contributed by atoms with Gasteiger partial charge in [0, 0.05) is 29.7 Å². The molecule has 0 bridgehead atoms. The Hall–Kier alpha value is -1.75. The molecule has 0 radical (unpaired) electrons. The van der Waals surface area contributed by atoms with Gasteiger partial charge in [0.1, 0.15) is 0 Å². The summed E-state index contributed by atoms with van der Waals surface area (Å²) in [7, 11) is 0. The quantitative estimate of drug-likeness (QED) is 0.870. The zero-order valence-corrected chi connectivity index (χ0v) is 11.2. The van der Waals surface area contributed by atoms with Gasteiger partial charge < -0.3 is 16.4 Å². The Bertz CT molecular complexity index is 511. The Kier molecular flexibility index (Phi) is 3.95. The van der Waals surface area contributed by atoms with Gasteiger partial charge in [-0.3, -0.25) is 9.59 Å². The van der Waals surface area contributed by atoms with E-state index in [0.29, 0.717) is 36.5 Å². The Morgan fingerprint density at radius 1 is 1.21 bits per heavy atom. The molecule has 6 heteroatoms. The molecule has 0 spiro atoms. The van der Waals surface area contributed by atoms with E-state index in [1.54, 1.807) is 18.2 Å². The summed E-state index contributed by atoms with van der Waals surface area (Å²) < 4.78 is 0. The third-order valence-electron chi connectivity index (χ3n) is 3.46. The SMILES string of the molecule is NC(=O)c1cc(Cl)ccc1N1CCC(C(N)=O)CC1. The van der Waals surface area contributed by atoms with Crippen molar-refractivity contribution in [3.05, 3.63) is 28.8 Å². The van der Waals surface area contributed by atoms with E-state index in [2.05, 4.69) is 0 Å². The van der Waals surface area contributed by atoms with Crippen molar-refractivity contribution >= 4 is 29.1 Å². The summed E-state index contributed by atoms with van der Waals surface area (Å²) in [5, 5.41) is 0.476. The van der Waals surface area contributed by atoms with Crippen molar-refractivity contribution in [3.8, 4) is 0 Å². The zero-order chi connectivity index (χ0) is 14.0. The maximum Gasteiger partial charge on any atom is 0.250 e. The molecule has 1 aromatic carbocycles. The minimum Gasteiger partial charge on any atom is -0.371 e. The van der Waals surface area contributed by atoms with Crippen LogP contribution in [0.2, 0.25) is 5.02 Å². The van der Waals surface area contributed by atoms with Crippen molar-refractivity contribution in [2.75, 3.05) is 18.0 Å². The minimum atomic E-state index is -0.505. The van der Waals surface area contributed by atoms with E-state index < -0.39 is 5.91 Å². The Morgan fingerprint density at radius 2 is 1.84 bits per heavy atom. The Balaban J connectivity index is 2.20. The van der Waals surface area contributed by atoms with Gasteiger partial charge in [0.25, 0.3) is 5.91 Å². The van der Waals surface area contributed by atoms with Crippen LogP contribution in [0.15, 0.2) is 18.2 Å². The summed E-state index contributed by atoms with van der Waals surface area (Å²) in [5.41, 5.74) is 11.8. The second kappa shape index (κ2) is 5.48. The van der Waals surface area contributed by atoms with E-state index in [4.69, 9.17) is 23.1 Å². The highest BCUT2D eigenvalue weighted by molar-refractivity contribution is 6.31. The van der Waals surface area contributed by atoms with Crippen LogP contribution in [0.3, 0.4) is 0 Å². The van der Waals surface area contributed by atoms with Gasteiger partial charge in [-0.2, -0.15) is 0 Å². The van der Waals surface area contributed by atoms with E-state index in [1.165, 1.54) is 0 Å². The van der Waals surface area contributed by atoms with Crippen LogP contribution in [0.25, 0.3) is 0 Å². The normalized spacial score (nSPS) is 16.4. The van der Waals surface area contributed by atoms with Crippen LogP contribution in [0.5, 0.6) is 0 Å². The number of halogens is 1. The number of rotatable bonds is 3. The Labute approximate surface area is 116 Å². The maximum absolute atomic E-state index is 11.5. The zero-order valence-electron chi connectivity index (χ0n) is 10.4. The monoisotopic (exact) mass is 281 g/mol. The average Bonchev–Trinajstić information content (AvgIpc) is 2.38. The lowest BCUT2D eigenvalue weighted by atomic mass is 9.95. The van der Waals surface area contributed by atoms with Crippen molar-refractivity contribution in [2.45, 2.75) is 12.8 Å². The van der Waals surface area contributed by atoms with E-state index in [1.807, 2.05) is 4.90 Å². The first-order chi connectivity index (χ1) is 8.99. The van der Waals surface area contributed by atoms with Crippen molar-refractivity contribution in [3.63, 3.8) is 0 Å². The number of primary amides is 2. The number of nitrogens with two attached hydrogens (primary N) is 2. The molecule has 0 aromatic heterocycles. The first kappa shape index (κ1) is 13.7. The summed E-state index contributed by atoms with van der Waals surface area (Å²) >= 11 is 5.88. The fourth-order valence-corrected chi connectivity index (χ4v) is 2.56. The molecule has 19 heavy (non-hydrogen) atoms. The summed E-state index contributed by atoms with van der Waals surface area (Å²) in [4.78, 5) is 24.6. The molecule has 0 unspecified atom stereocenters. The molecule has 1 aliphatic heterocycles. The fourth-order valence-electron chi connectivity index (χ4n) is 2.39. The second-order valence-electron chi connectivity index (χ2n) is 4.69. The van der Waals surface area contributed by atoms with Crippen LogP contribution in [-0.2, 0) is 4.79 Å². The number of hydrogen-bond acceptors (Lipinski definition) is 3. The first-order valence-electron chi connectivity index (χ1n) is 6.12. The summed E-state index contributed by atoms with van der Waals surface area (Å²) in [6, 6.07) is 5.08. The number of hydrogen-bond donors (Lipinski definition) is 2. The molecule has 1 aromatic rings. The van der Waals surface area contributed by atoms with Gasteiger partial charge >= 0.3 is 0 Å². The molecule has 1 saturated heterocycles. The second-order valence-corrected chi connectivity index (χ2v) is 5.13. The summed E-state index contributed by atoms with van der Waals surface area (Å²) in [5.74, 6) is -0.846. The third kappa shape index (κ3) is 2.98. The number of anilines is 1.